The van der Waals surface area contributed by atoms with Gasteiger partial charge in [0.25, 0.3) is 0 Å². The van der Waals surface area contributed by atoms with Gasteiger partial charge < -0.3 is 0 Å². The highest BCUT2D eigenvalue weighted by molar-refractivity contribution is 7.89. The maximum absolute atomic E-state index is 13.1. The molecule has 5 rings (SSSR count). The van der Waals surface area contributed by atoms with Crippen molar-refractivity contribution in [2.75, 3.05) is 18.8 Å². The van der Waals surface area contributed by atoms with Crippen LogP contribution in [0.4, 0.5) is 13.2 Å². The summed E-state index contributed by atoms with van der Waals surface area (Å²) in [5.41, 5.74) is 2.62. The smallest absolute Gasteiger partial charge is 0.276 e. The van der Waals surface area contributed by atoms with E-state index in [1.165, 1.54) is 0 Å². The number of alkyl halides is 3. The van der Waals surface area contributed by atoms with Crippen molar-refractivity contribution in [3.05, 3.63) is 30.2 Å². The number of nitrogens with zero attached hydrogens (tertiary/aromatic N) is 4. The number of pyridine rings is 1. The van der Waals surface area contributed by atoms with Crippen molar-refractivity contribution >= 4 is 32.0 Å². The highest BCUT2D eigenvalue weighted by Gasteiger charge is 2.44. The van der Waals surface area contributed by atoms with Crippen LogP contribution in [0.15, 0.2) is 24.7 Å². The number of fused-ring (bicyclic) bond motifs is 3. The lowest BCUT2D eigenvalue weighted by atomic mass is 9.79. The normalized spacial score (nSPS) is 25.6. The van der Waals surface area contributed by atoms with E-state index in [4.69, 9.17) is 0 Å². The second-order valence-corrected chi connectivity index (χ2v) is 11.3. The first-order chi connectivity index (χ1) is 15.7. The number of piperidine rings is 1. The third kappa shape index (κ3) is 4.44. The third-order valence-corrected chi connectivity index (χ3v) is 9.20. The van der Waals surface area contributed by atoms with Crippen molar-refractivity contribution < 1.29 is 21.6 Å². The summed E-state index contributed by atoms with van der Waals surface area (Å²) >= 11 is 0. The SMILES string of the molecule is O=S(=O)(CC1CCC(c2cn[nH]c3cnc4nccc4c23)CC1)N1CCCC(C(F)(F)F)C1. The summed E-state index contributed by atoms with van der Waals surface area (Å²) in [6.07, 6.45) is 4.24. The summed E-state index contributed by atoms with van der Waals surface area (Å²) in [4.78, 5) is 8.63. The lowest BCUT2D eigenvalue weighted by Gasteiger charge is -2.35. The van der Waals surface area contributed by atoms with Gasteiger partial charge >= 0.3 is 6.18 Å². The fourth-order valence-electron chi connectivity index (χ4n) is 5.41. The van der Waals surface area contributed by atoms with E-state index in [1.54, 1.807) is 12.4 Å². The Morgan fingerprint density at radius 3 is 2.64 bits per heavy atom. The van der Waals surface area contributed by atoms with Gasteiger partial charge in [-0.1, -0.05) is 0 Å². The second kappa shape index (κ2) is 8.50. The van der Waals surface area contributed by atoms with Gasteiger partial charge in [0, 0.05) is 30.1 Å². The number of rotatable bonds is 4. The van der Waals surface area contributed by atoms with Gasteiger partial charge in [-0.15, -0.1) is 0 Å². The largest absolute Gasteiger partial charge is 0.393 e. The van der Waals surface area contributed by atoms with E-state index in [-0.39, 0.29) is 37.0 Å². The van der Waals surface area contributed by atoms with E-state index in [0.29, 0.717) is 18.5 Å². The minimum Gasteiger partial charge on any atom is -0.276 e. The van der Waals surface area contributed by atoms with Crippen LogP contribution in [-0.4, -0.2) is 57.9 Å². The molecule has 1 N–H and O–H groups in total. The number of hydrogen-bond acceptors (Lipinski definition) is 5. The number of nitrogens with one attached hydrogen (secondary N) is 1. The zero-order valence-corrected chi connectivity index (χ0v) is 18.9. The van der Waals surface area contributed by atoms with Crippen molar-refractivity contribution in [3.63, 3.8) is 0 Å². The fraction of sp³-hybridized carbons (Fsp3) is 0.591. The minimum absolute atomic E-state index is 0.00117. The van der Waals surface area contributed by atoms with Crippen LogP contribution in [0.2, 0.25) is 0 Å². The summed E-state index contributed by atoms with van der Waals surface area (Å²) in [6, 6.07) is 1.94. The second-order valence-electron chi connectivity index (χ2n) is 9.29. The summed E-state index contributed by atoms with van der Waals surface area (Å²) in [5, 5.41) is 9.28. The Morgan fingerprint density at radius 1 is 1.09 bits per heavy atom. The van der Waals surface area contributed by atoms with Crippen molar-refractivity contribution in [2.45, 2.75) is 50.6 Å². The van der Waals surface area contributed by atoms with Crippen molar-refractivity contribution in [2.24, 2.45) is 11.8 Å². The first-order valence-electron chi connectivity index (χ1n) is 11.3. The summed E-state index contributed by atoms with van der Waals surface area (Å²) in [5.74, 6) is -1.45. The fourth-order valence-corrected chi connectivity index (χ4v) is 7.36. The van der Waals surface area contributed by atoms with E-state index in [0.717, 1.165) is 39.0 Å². The monoisotopic (exact) mass is 481 g/mol. The van der Waals surface area contributed by atoms with Crippen molar-refractivity contribution in [3.8, 4) is 0 Å². The van der Waals surface area contributed by atoms with Crippen LogP contribution in [0.5, 0.6) is 0 Å². The van der Waals surface area contributed by atoms with Crippen LogP contribution in [0, 0.1) is 11.8 Å². The molecule has 33 heavy (non-hydrogen) atoms. The average molecular weight is 482 g/mol. The van der Waals surface area contributed by atoms with Gasteiger partial charge in [-0.05, 0) is 62.0 Å². The number of aromatic nitrogens is 4. The predicted molar refractivity (Wildman–Crippen MR) is 118 cm³/mol. The van der Waals surface area contributed by atoms with Crippen molar-refractivity contribution in [1.82, 2.24) is 24.5 Å². The number of hydrogen-bond donors (Lipinski definition) is 1. The van der Waals surface area contributed by atoms with Gasteiger partial charge in [-0.25, -0.2) is 22.7 Å². The van der Waals surface area contributed by atoms with E-state index in [9.17, 15) is 21.6 Å². The molecular formula is C22H26F3N5O2S. The van der Waals surface area contributed by atoms with Crippen LogP contribution >= 0.6 is 0 Å². The molecule has 11 heteroatoms. The standard InChI is InChI=1S/C22H26F3N5O2S/c23-22(24,25)16-2-1-9-30(12-16)33(31,32)13-14-3-5-15(6-4-14)18-10-28-29-19-11-27-21-17(20(18)19)7-8-26-21/h7-8,10-11,14-16,29H,1-6,9,12-13H2. The first-order valence-corrected chi connectivity index (χ1v) is 12.9. The zero-order chi connectivity index (χ0) is 23.2. The van der Waals surface area contributed by atoms with Crippen molar-refractivity contribution in [1.29, 1.82) is 0 Å². The van der Waals surface area contributed by atoms with Gasteiger partial charge in [-0.2, -0.15) is 18.3 Å². The Balaban J connectivity index is 1.28. The first kappa shape index (κ1) is 22.5. The third-order valence-electron chi connectivity index (χ3n) is 7.18. The molecule has 2 aliphatic rings. The molecule has 1 aliphatic carbocycles. The molecule has 3 aromatic heterocycles. The molecule has 4 heterocycles. The maximum atomic E-state index is 13.1. The summed E-state index contributed by atoms with van der Waals surface area (Å²) < 4.78 is 66.2. The molecule has 1 atom stereocenters. The maximum Gasteiger partial charge on any atom is 0.393 e. The van der Waals surface area contributed by atoms with E-state index < -0.39 is 28.7 Å². The molecule has 1 aliphatic heterocycles. The Labute approximate surface area is 189 Å². The molecule has 0 bridgehead atoms. The number of halogens is 3. The molecule has 7 nitrogen and oxygen atoms in total. The summed E-state index contributed by atoms with van der Waals surface area (Å²) in [6.45, 7) is -0.267. The highest BCUT2D eigenvalue weighted by Crippen LogP contribution is 2.40. The lowest BCUT2D eigenvalue weighted by molar-refractivity contribution is -0.182. The predicted octanol–water partition coefficient (Wildman–Crippen LogP) is 4.38. The Hall–Kier alpha value is -2.27. The molecule has 178 valence electrons. The quantitative estimate of drug-likeness (QED) is 0.597. The highest BCUT2D eigenvalue weighted by atomic mass is 32.2. The number of H-pyrrole nitrogens is 1. The molecule has 1 unspecified atom stereocenters. The van der Waals surface area contributed by atoms with E-state index in [1.807, 2.05) is 12.3 Å². The van der Waals surface area contributed by atoms with Crippen LogP contribution < -0.4 is 0 Å². The molecule has 0 radical (unpaired) electrons. The van der Waals surface area contributed by atoms with Crippen LogP contribution in [0.1, 0.15) is 50.0 Å². The molecule has 1 saturated heterocycles. The molecule has 0 amide bonds. The Morgan fingerprint density at radius 2 is 1.88 bits per heavy atom. The average Bonchev–Trinajstić information content (AvgIpc) is 3.28. The van der Waals surface area contributed by atoms with Crippen LogP contribution in [0.3, 0.4) is 0 Å². The molecule has 0 aromatic carbocycles. The van der Waals surface area contributed by atoms with Gasteiger partial charge in [0.1, 0.15) is 0 Å². The minimum atomic E-state index is -4.35. The molecule has 0 spiro atoms. The molecular weight excluding hydrogens is 455 g/mol. The van der Waals surface area contributed by atoms with Crippen LogP contribution in [-0.2, 0) is 10.0 Å². The zero-order valence-electron chi connectivity index (χ0n) is 18.1. The molecule has 1 saturated carbocycles. The Bertz CT molecular complexity index is 1250. The van der Waals surface area contributed by atoms with Gasteiger partial charge in [0.2, 0.25) is 10.0 Å². The lowest BCUT2D eigenvalue weighted by Crippen LogP contribution is -2.46. The van der Waals surface area contributed by atoms with Gasteiger partial charge in [0.05, 0.1) is 29.6 Å². The summed E-state index contributed by atoms with van der Waals surface area (Å²) in [7, 11) is -3.71. The molecule has 3 aromatic rings. The van der Waals surface area contributed by atoms with Crippen LogP contribution in [0.25, 0.3) is 21.9 Å². The van der Waals surface area contributed by atoms with E-state index in [2.05, 4.69) is 20.2 Å². The Kier molecular flexibility index (Phi) is 5.80. The van der Waals surface area contributed by atoms with Gasteiger partial charge in [-0.3, -0.25) is 5.10 Å². The number of sulfonamides is 1. The number of aromatic amines is 1. The van der Waals surface area contributed by atoms with Gasteiger partial charge in [0.15, 0.2) is 5.65 Å². The topological polar surface area (TPSA) is 91.8 Å². The molecule has 2 fully saturated rings. The van der Waals surface area contributed by atoms with E-state index >= 15 is 0 Å².